The normalized spacial score (nSPS) is 21.9. The molecule has 1 atom stereocenters. The summed E-state index contributed by atoms with van der Waals surface area (Å²) in [6.45, 7) is 6.38. The van der Waals surface area contributed by atoms with Gasteiger partial charge in [0, 0.05) is 23.6 Å². The number of pyridine rings is 1. The van der Waals surface area contributed by atoms with Gasteiger partial charge < -0.3 is 11.1 Å². The maximum atomic E-state index is 12.2. The molecule has 1 aromatic heterocycles. The van der Waals surface area contributed by atoms with Crippen LogP contribution in [0.15, 0.2) is 12.3 Å². The number of nitrogens with two attached hydrogens (primary N) is 1. The molecule has 1 heterocycles. The van der Waals surface area contributed by atoms with Crippen LogP contribution >= 0.6 is 0 Å². The summed E-state index contributed by atoms with van der Waals surface area (Å²) in [6, 6.07) is 1.98. The van der Waals surface area contributed by atoms with Crippen molar-refractivity contribution >= 4 is 11.6 Å². The molecule has 1 saturated carbocycles. The van der Waals surface area contributed by atoms with E-state index < -0.39 is 0 Å². The van der Waals surface area contributed by atoms with Gasteiger partial charge in [-0.25, -0.2) is 0 Å². The fourth-order valence-corrected chi connectivity index (χ4v) is 2.86. The van der Waals surface area contributed by atoms with Crippen molar-refractivity contribution < 1.29 is 4.79 Å². The predicted octanol–water partition coefficient (Wildman–Crippen LogP) is 2.67. The van der Waals surface area contributed by atoms with Gasteiger partial charge in [-0.05, 0) is 37.7 Å². The van der Waals surface area contributed by atoms with Crippen LogP contribution in [0.2, 0.25) is 0 Å². The number of carbonyl (C=O) groups excluding carboxylic acids is 1. The minimum Gasteiger partial charge on any atom is -0.398 e. The molecule has 1 aromatic rings. The van der Waals surface area contributed by atoms with Gasteiger partial charge in [-0.3, -0.25) is 9.78 Å². The van der Waals surface area contributed by atoms with E-state index in [0.717, 1.165) is 18.5 Å². The molecular weight excluding hydrogens is 238 g/mol. The van der Waals surface area contributed by atoms with Gasteiger partial charge in [0.2, 0.25) is 0 Å². The molecule has 1 fully saturated rings. The largest absolute Gasteiger partial charge is 0.398 e. The number of nitrogen functional groups attached to an aromatic ring is 1. The second kappa shape index (κ2) is 5.19. The Morgan fingerprint density at radius 1 is 1.53 bits per heavy atom. The minimum absolute atomic E-state index is 0.104. The van der Waals surface area contributed by atoms with Crippen molar-refractivity contribution in [2.45, 2.75) is 52.5 Å². The van der Waals surface area contributed by atoms with Crippen molar-refractivity contribution in [3.8, 4) is 0 Å². The Bertz CT molecular complexity index is 482. The molecule has 1 unspecified atom stereocenters. The van der Waals surface area contributed by atoms with Crippen LogP contribution in [0.4, 0.5) is 5.69 Å². The van der Waals surface area contributed by atoms with Crippen LogP contribution in [0.25, 0.3) is 0 Å². The lowest BCUT2D eigenvalue weighted by Gasteiger charge is -2.35. The summed E-state index contributed by atoms with van der Waals surface area (Å²) in [5.74, 6) is -0.104. The summed E-state index contributed by atoms with van der Waals surface area (Å²) >= 11 is 0. The molecule has 0 saturated heterocycles. The number of rotatable bonds is 2. The summed E-state index contributed by atoms with van der Waals surface area (Å²) < 4.78 is 0. The number of nitrogens with one attached hydrogen (secondary N) is 1. The third-order valence-electron chi connectivity index (χ3n) is 3.86. The first-order valence-corrected chi connectivity index (χ1v) is 6.90. The highest BCUT2D eigenvalue weighted by Gasteiger charge is 2.29. The summed E-state index contributed by atoms with van der Waals surface area (Å²) in [4.78, 5) is 16.4. The lowest BCUT2D eigenvalue weighted by molar-refractivity contribution is 0.0903. The number of nitrogens with zero attached hydrogens (tertiary/aromatic N) is 1. The third kappa shape index (κ3) is 3.46. The van der Waals surface area contributed by atoms with Crippen molar-refractivity contribution in [2.75, 3.05) is 5.73 Å². The van der Waals surface area contributed by atoms with E-state index in [4.69, 9.17) is 5.73 Å². The first-order chi connectivity index (χ1) is 8.87. The Hall–Kier alpha value is -1.58. The van der Waals surface area contributed by atoms with Gasteiger partial charge in [0.15, 0.2) is 0 Å². The van der Waals surface area contributed by atoms with E-state index in [2.05, 4.69) is 24.1 Å². The van der Waals surface area contributed by atoms with Gasteiger partial charge in [-0.1, -0.05) is 20.3 Å². The number of hydrogen-bond acceptors (Lipinski definition) is 3. The highest BCUT2D eigenvalue weighted by Crippen LogP contribution is 2.35. The average Bonchev–Trinajstić information content (AvgIpc) is 2.27. The monoisotopic (exact) mass is 261 g/mol. The molecule has 4 nitrogen and oxygen atoms in total. The number of amides is 1. The number of hydrogen-bond donors (Lipinski definition) is 2. The van der Waals surface area contributed by atoms with Gasteiger partial charge >= 0.3 is 0 Å². The summed E-state index contributed by atoms with van der Waals surface area (Å²) in [5, 5.41) is 3.09. The Balaban J connectivity index is 2.04. The number of carbonyl (C=O) groups is 1. The molecule has 19 heavy (non-hydrogen) atoms. The standard InChI is InChI=1S/C15H23N3O/c1-10-7-13(16)12(9-17-10)14(19)18-11-5-4-6-15(2,3)8-11/h7,9,11H,4-6,8H2,1-3H3,(H2,16,17)(H,18,19). The maximum Gasteiger partial charge on any atom is 0.255 e. The van der Waals surface area contributed by atoms with Crippen molar-refractivity contribution in [1.29, 1.82) is 0 Å². The second-order valence-electron chi connectivity index (χ2n) is 6.34. The van der Waals surface area contributed by atoms with Gasteiger partial charge in [0.25, 0.3) is 5.91 Å². The maximum absolute atomic E-state index is 12.2. The quantitative estimate of drug-likeness (QED) is 0.860. The lowest BCUT2D eigenvalue weighted by Crippen LogP contribution is -2.40. The van der Waals surface area contributed by atoms with E-state index in [1.807, 2.05) is 6.92 Å². The number of anilines is 1. The van der Waals surface area contributed by atoms with Crippen molar-refractivity contribution in [3.05, 3.63) is 23.5 Å². The first-order valence-electron chi connectivity index (χ1n) is 6.90. The van der Waals surface area contributed by atoms with Gasteiger partial charge in [0.05, 0.1) is 5.56 Å². The van der Waals surface area contributed by atoms with Crippen LogP contribution in [0, 0.1) is 12.3 Å². The van der Waals surface area contributed by atoms with Crippen LogP contribution in [0.3, 0.4) is 0 Å². The van der Waals surface area contributed by atoms with Crippen LogP contribution in [0.5, 0.6) is 0 Å². The second-order valence-corrected chi connectivity index (χ2v) is 6.34. The molecule has 0 aliphatic heterocycles. The van der Waals surface area contributed by atoms with E-state index in [-0.39, 0.29) is 11.9 Å². The van der Waals surface area contributed by atoms with E-state index in [1.165, 1.54) is 12.8 Å². The highest BCUT2D eigenvalue weighted by molar-refractivity contribution is 5.98. The Morgan fingerprint density at radius 3 is 2.89 bits per heavy atom. The topological polar surface area (TPSA) is 68.0 Å². The van der Waals surface area contributed by atoms with Crippen molar-refractivity contribution in [1.82, 2.24) is 10.3 Å². The van der Waals surface area contributed by atoms with E-state index in [1.54, 1.807) is 12.3 Å². The van der Waals surface area contributed by atoms with Crippen LogP contribution in [0.1, 0.15) is 55.6 Å². The molecule has 104 valence electrons. The zero-order chi connectivity index (χ0) is 14.0. The number of aromatic nitrogens is 1. The zero-order valence-electron chi connectivity index (χ0n) is 12.0. The smallest absolute Gasteiger partial charge is 0.255 e. The fraction of sp³-hybridized carbons (Fsp3) is 0.600. The molecule has 3 N–H and O–H groups in total. The molecule has 1 aliphatic carbocycles. The molecule has 0 bridgehead atoms. The van der Waals surface area contributed by atoms with Crippen molar-refractivity contribution in [3.63, 3.8) is 0 Å². The lowest BCUT2D eigenvalue weighted by atomic mass is 9.75. The zero-order valence-corrected chi connectivity index (χ0v) is 12.0. The van der Waals surface area contributed by atoms with Gasteiger partial charge in [0.1, 0.15) is 0 Å². The number of aryl methyl sites for hydroxylation is 1. The van der Waals surface area contributed by atoms with Gasteiger partial charge in [-0.15, -0.1) is 0 Å². The Kier molecular flexibility index (Phi) is 3.78. The van der Waals surface area contributed by atoms with E-state index >= 15 is 0 Å². The van der Waals surface area contributed by atoms with E-state index in [9.17, 15) is 4.79 Å². The van der Waals surface area contributed by atoms with Crippen LogP contribution in [-0.2, 0) is 0 Å². The third-order valence-corrected chi connectivity index (χ3v) is 3.86. The highest BCUT2D eigenvalue weighted by atomic mass is 16.1. The molecule has 1 amide bonds. The Morgan fingerprint density at radius 2 is 2.26 bits per heavy atom. The Labute approximate surface area is 114 Å². The van der Waals surface area contributed by atoms with Crippen molar-refractivity contribution in [2.24, 2.45) is 5.41 Å². The summed E-state index contributed by atoms with van der Waals surface area (Å²) in [6.07, 6.45) is 6.04. The van der Waals surface area contributed by atoms with Crippen LogP contribution in [-0.4, -0.2) is 16.9 Å². The molecule has 0 spiro atoms. The molecular formula is C15H23N3O. The summed E-state index contributed by atoms with van der Waals surface area (Å²) in [7, 11) is 0. The van der Waals surface area contributed by atoms with Gasteiger partial charge in [-0.2, -0.15) is 0 Å². The molecule has 0 radical (unpaired) electrons. The summed E-state index contributed by atoms with van der Waals surface area (Å²) in [5.41, 5.74) is 8.00. The first kappa shape index (κ1) is 13.8. The molecule has 1 aliphatic rings. The van der Waals surface area contributed by atoms with Crippen LogP contribution < -0.4 is 11.1 Å². The predicted molar refractivity (Wildman–Crippen MR) is 76.9 cm³/mol. The molecule has 0 aromatic carbocycles. The van der Waals surface area contributed by atoms with E-state index in [0.29, 0.717) is 16.7 Å². The fourth-order valence-electron chi connectivity index (χ4n) is 2.86. The molecule has 4 heteroatoms. The average molecular weight is 261 g/mol. The molecule has 2 rings (SSSR count). The minimum atomic E-state index is -0.104. The SMILES string of the molecule is Cc1cc(N)c(C(=O)NC2CCCC(C)(C)C2)cn1.